The summed E-state index contributed by atoms with van der Waals surface area (Å²) in [7, 11) is 0. The van der Waals surface area contributed by atoms with Crippen molar-refractivity contribution in [1.29, 1.82) is 0 Å². The average molecular weight is 338 g/mol. The Morgan fingerprint density at radius 1 is 1.32 bits per heavy atom. The van der Waals surface area contributed by atoms with E-state index in [1.165, 1.54) is 11.3 Å². The predicted molar refractivity (Wildman–Crippen MR) is 86.3 cm³/mol. The molecule has 2 aromatic rings. The van der Waals surface area contributed by atoms with Gasteiger partial charge in [-0.15, -0.1) is 11.3 Å². The number of hydrogen-bond donors (Lipinski definition) is 0. The zero-order chi connectivity index (χ0) is 15.4. The molecule has 1 aliphatic rings. The Morgan fingerprint density at radius 3 is 2.77 bits per heavy atom. The van der Waals surface area contributed by atoms with Crippen LogP contribution in [0.5, 0.6) is 0 Å². The van der Waals surface area contributed by atoms with Crippen LogP contribution in [-0.4, -0.2) is 74.4 Å². The Labute approximate surface area is 137 Å². The van der Waals surface area contributed by atoms with E-state index >= 15 is 0 Å². The summed E-state index contributed by atoms with van der Waals surface area (Å²) in [6.07, 6.45) is 5.25. The minimum Gasteiger partial charge on any atom is -0.335 e. The average Bonchev–Trinajstić information content (AvgIpc) is 3.24. The van der Waals surface area contributed by atoms with E-state index in [-0.39, 0.29) is 5.91 Å². The van der Waals surface area contributed by atoms with Crippen LogP contribution in [0.15, 0.2) is 22.4 Å². The fourth-order valence-electron chi connectivity index (χ4n) is 2.38. The van der Waals surface area contributed by atoms with Crippen molar-refractivity contribution < 1.29 is 4.79 Å². The monoisotopic (exact) mass is 338 g/mol. The van der Waals surface area contributed by atoms with E-state index in [1.54, 1.807) is 24.4 Å². The molecular weight excluding hydrogens is 320 g/mol. The molecule has 7 nitrogen and oxygen atoms in total. The van der Waals surface area contributed by atoms with Gasteiger partial charge in [-0.3, -0.25) is 14.4 Å². The Hall–Kier alpha value is -1.45. The molecule has 0 N–H and O–H groups in total. The van der Waals surface area contributed by atoms with Gasteiger partial charge in [0.05, 0.1) is 6.54 Å². The highest BCUT2D eigenvalue weighted by molar-refractivity contribution is 8.00. The third-order valence-corrected chi connectivity index (χ3v) is 5.51. The summed E-state index contributed by atoms with van der Waals surface area (Å²) in [6, 6.07) is 0. The fourth-order valence-corrected chi connectivity index (χ4v) is 3.61. The first-order chi connectivity index (χ1) is 10.8. The molecule has 1 saturated heterocycles. The highest BCUT2D eigenvalue weighted by atomic mass is 32.2. The van der Waals surface area contributed by atoms with E-state index in [2.05, 4.69) is 20.0 Å². The largest absolute Gasteiger partial charge is 0.335 e. The number of carbonyl (C=O) groups is 1. The summed E-state index contributed by atoms with van der Waals surface area (Å²) < 4.78 is 2.77. The van der Waals surface area contributed by atoms with Crippen LogP contribution < -0.4 is 0 Å². The van der Waals surface area contributed by atoms with Crippen molar-refractivity contribution in [2.45, 2.75) is 10.9 Å². The number of piperazine rings is 1. The van der Waals surface area contributed by atoms with Crippen molar-refractivity contribution in [1.82, 2.24) is 29.5 Å². The molecule has 22 heavy (non-hydrogen) atoms. The highest BCUT2D eigenvalue weighted by Crippen LogP contribution is 2.21. The van der Waals surface area contributed by atoms with E-state index in [0.717, 1.165) is 43.6 Å². The van der Waals surface area contributed by atoms with Crippen molar-refractivity contribution in [3.63, 3.8) is 0 Å². The lowest BCUT2D eigenvalue weighted by atomic mass is 10.3. The first-order valence-electron chi connectivity index (χ1n) is 7.10. The fraction of sp³-hybridized carbons (Fsp3) is 0.538. The molecule has 0 spiro atoms. The Balaban J connectivity index is 1.47. The summed E-state index contributed by atoms with van der Waals surface area (Å²) in [5, 5.41) is 5.95. The molecule has 2 aromatic heterocycles. The maximum absolute atomic E-state index is 12.4. The minimum absolute atomic E-state index is 0.0486. The number of hydrogen-bond acceptors (Lipinski definition) is 7. The smallest absolute Gasteiger partial charge is 0.273 e. The van der Waals surface area contributed by atoms with Crippen LogP contribution in [-0.2, 0) is 6.54 Å². The summed E-state index contributed by atoms with van der Waals surface area (Å²) >= 11 is 3.10. The Kier molecular flexibility index (Phi) is 5.06. The summed E-state index contributed by atoms with van der Waals surface area (Å²) in [4.78, 5) is 24.9. The molecule has 3 rings (SSSR count). The van der Waals surface area contributed by atoms with E-state index < -0.39 is 0 Å². The number of rotatable bonds is 5. The topological polar surface area (TPSA) is 67.2 Å². The van der Waals surface area contributed by atoms with Gasteiger partial charge in [-0.25, -0.2) is 9.97 Å². The molecule has 3 heterocycles. The number of thiazole rings is 1. The molecule has 1 aliphatic heterocycles. The summed E-state index contributed by atoms with van der Waals surface area (Å²) in [6.45, 7) is 5.04. The Bertz CT molecular complexity index is 606. The van der Waals surface area contributed by atoms with Gasteiger partial charge in [-0.2, -0.15) is 5.10 Å². The lowest BCUT2D eigenvalue weighted by Gasteiger charge is -2.34. The van der Waals surface area contributed by atoms with Crippen LogP contribution >= 0.6 is 23.1 Å². The summed E-state index contributed by atoms with van der Waals surface area (Å²) in [5.74, 6) is 0.0486. The van der Waals surface area contributed by atoms with Crippen LogP contribution in [0.4, 0.5) is 0 Å². The molecule has 9 heteroatoms. The van der Waals surface area contributed by atoms with Crippen molar-refractivity contribution in [3.8, 4) is 0 Å². The number of carbonyl (C=O) groups excluding carboxylic acids is 1. The molecule has 0 saturated carbocycles. The van der Waals surface area contributed by atoms with Crippen molar-refractivity contribution in [2.24, 2.45) is 0 Å². The maximum Gasteiger partial charge on any atom is 0.273 e. The standard InChI is InChI=1S/C13H18N6OS2/c1-21-13-16-11(8-22-13)12(20)18-5-2-17(3-6-18)4-7-19-10-14-9-15-19/h8-10H,2-7H2,1H3. The van der Waals surface area contributed by atoms with E-state index in [0.29, 0.717) is 5.69 Å². The first kappa shape index (κ1) is 15.4. The first-order valence-corrected chi connectivity index (χ1v) is 9.20. The van der Waals surface area contributed by atoms with Crippen LogP contribution in [0.2, 0.25) is 0 Å². The van der Waals surface area contributed by atoms with Gasteiger partial charge < -0.3 is 4.90 Å². The molecule has 1 amide bonds. The van der Waals surface area contributed by atoms with Gasteiger partial charge >= 0.3 is 0 Å². The molecule has 0 bridgehead atoms. The van der Waals surface area contributed by atoms with Crippen LogP contribution in [0.25, 0.3) is 0 Å². The van der Waals surface area contributed by atoms with E-state index in [1.807, 2.05) is 21.2 Å². The van der Waals surface area contributed by atoms with Crippen molar-refractivity contribution in [3.05, 3.63) is 23.7 Å². The zero-order valence-electron chi connectivity index (χ0n) is 12.4. The van der Waals surface area contributed by atoms with Crippen LogP contribution in [0.1, 0.15) is 10.5 Å². The van der Waals surface area contributed by atoms with Gasteiger partial charge in [-0.1, -0.05) is 11.8 Å². The van der Waals surface area contributed by atoms with Gasteiger partial charge in [-0.05, 0) is 6.26 Å². The molecule has 0 unspecified atom stereocenters. The van der Waals surface area contributed by atoms with Crippen molar-refractivity contribution in [2.75, 3.05) is 39.0 Å². The lowest BCUT2D eigenvalue weighted by molar-refractivity contribution is 0.0626. The third-order valence-electron chi connectivity index (χ3n) is 3.65. The zero-order valence-corrected chi connectivity index (χ0v) is 14.0. The van der Waals surface area contributed by atoms with Crippen molar-refractivity contribution >= 4 is 29.0 Å². The normalized spacial score (nSPS) is 16.1. The van der Waals surface area contributed by atoms with E-state index in [4.69, 9.17) is 0 Å². The second kappa shape index (κ2) is 7.21. The SMILES string of the molecule is CSc1nc(C(=O)N2CCN(CCn3cncn3)CC2)cs1. The number of thioether (sulfide) groups is 1. The molecule has 0 atom stereocenters. The highest BCUT2D eigenvalue weighted by Gasteiger charge is 2.23. The van der Waals surface area contributed by atoms with Gasteiger partial charge in [0.1, 0.15) is 22.7 Å². The number of aromatic nitrogens is 4. The quantitative estimate of drug-likeness (QED) is 0.755. The van der Waals surface area contributed by atoms with Crippen LogP contribution in [0.3, 0.4) is 0 Å². The van der Waals surface area contributed by atoms with Gasteiger partial charge in [0.15, 0.2) is 0 Å². The molecular formula is C13H18N6OS2. The molecule has 0 radical (unpaired) electrons. The predicted octanol–water partition coefficient (Wildman–Crippen LogP) is 0.914. The van der Waals surface area contributed by atoms with E-state index in [9.17, 15) is 4.79 Å². The molecule has 1 fully saturated rings. The number of amides is 1. The van der Waals surface area contributed by atoms with Crippen LogP contribution in [0, 0.1) is 0 Å². The molecule has 0 aromatic carbocycles. The molecule has 0 aliphatic carbocycles. The summed E-state index contributed by atoms with van der Waals surface area (Å²) in [5.41, 5.74) is 0.574. The second-order valence-corrected chi connectivity index (χ2v) is 6.91. The lowest BCUT2D eigenvalue weighted by Crippen LogP contribution is -2.49. The van der Waals surface area contributed by atoms with Gasteiger partial charge in [0.25, 0.3) is 5.91 Å². The third kappa shape index (κ3) is 3.65. The minimum atomic E-state index is 0.0486. The van der Waals surface area contributed by atoms with Gasteiger partial charge in [0, 0.05) is 38.1 Å². The number of nitrogens with zero attached hydrogens (tertiary/aromatic N) is 6. The van der Waals surface area contributed by atoms with Gasteiger partial charge in [0.2, 0.25) is 0 Å². The Morgan fingerprint density at radius 2 is 2.14 bits per heavy atom. The molecule has 118 valence electrons. The maximum atomic E-state index is 12.4. The second-order valence-electron chi connectivity index (χ2n) is 5.00.